The first-order valence-corrected chi connectivity index (χ1v) is 18.2. The highest BCUT2D eigenvalue weighted by Gasteiger charge is 2.16. The number of carbonyl (C=O) groups excluding carboxylic acids is 2. The summed E-state index contributed by atoms with van der Waals surface area (Å²) < 4.78 is 10.6. The summed E-state index contributed by atoms with van der Waals surface area (Å²) in [5.74, 6) is -0.626. The molecule has 0 heterocycles. The Kier molecular flexibility index (Phi) is 33.6. The zero-order valence-electron chi connectivity index (χ0n) is 28.7. The van der Waals surface area contributed by atoms with Crippen LogP contribution >= 0.6 is 0 Å². The van der Waals surface area contributed by atoms with Crippen molar-refractivity contribution >= 4 is 11.9 Å². The lowest BCUT2D eigenvalue weighted by atomic mass is 10.1. The van der Waals surface area contributed by atoms with Crippen molar-refractivity contribution in [3.63, 3.8) is 0 Å². The minimum absolute atomic E-state index is 0.0799. The predicted molar refractivity (Wildman–Crippen MR) is 187 cm³/mol. The molecule has 0 aromatic heterocycles. The quantitative estimate of drug-likeness (QED) is 0.0462. The fraction of sp³-hybridized carbons (Fsp3) is 0.744. The Labute approximate surface area is 271 Å². The lowest BCUT2D eigenvalue weighted by molar-refractivity contribution is -0.161. The number of hydrogen-bond donors (Lipinski definition) is 1. The first-order valence-electron chi connectivity index (χ1n) is 18.2. The number of esters is 2. The third-order valence-corrected chi connectivity index (χ3v) is 7.60. The summed E-state index contributed by atoms with van der Waals surface area (Å²) in [5.41, 5.74) is 0. The molecular formula is C39H68O5. The van der Waals surface area contributed by atoms with Gasteiger partial charge in [0.05, 0.1) is 6.61 Å². The minimum atomic E-state index is -0.783. The highest BCUT2D eigenvalue weighted by Crippen LogP contribution is 2.11. The van der Waals surface area contributed by atoms with Gasteiger partial charge in [-0.2, -0.15) is 0 Å². The lowest BCUT2D eigenvalue weighted by Crippen LogP contribution is -2.28. The van der Waals surface area contributed by atoms with Crippen molar-refractivity contribution in [1.82, 2.24) is 0 Å². The minimum Gasteiger partial charge on any atom is -0.462 e. The number of aliphatic hydroxyl groups is 1. The summed E-state index contributed by atoms with van der Waals surface area (Å²) in [6.45, 7) is 4.04. The van der Waals surface area contributed by atoms with Crippen LogP contribution in [-0.2, 0) is 19.1 Å². The monoisotopic (exact) mass is 617 g/mol. The summed E-state index contributed by atoms with van der Waals surface area (Å²) >= 11 is 0. The van der Waals surface area contributed by atoms with Crippen LogP contribution in [-0.4, -0.2) is 36.4 Å². The molecule has 1 atom stereocenters. The Morgan fingerprint density at radius 1 is 0.523 bits per heavy atom. The average molecular weight is 617 g/mol. The van der Waals surface area contributed by atoms with Crippen molar-refractivity contribution < 1.29 is 24.2 Å². The summed E-state index contributed by atoms with van der Waals surface area (Å²) in [5, 5.41) is 9.52. The summed E-state index contributed by atoms with van der Waals surface area (Å²) in [6.07, 6.45) is 43.0. The number of ether oxygens (including phenoxy) is 2. The molecule has 0 amide bonds. The Morgan fingerprint density at radius 3 is 1.34 bits per heavy atom. The van der Waals surface area contributed by atoms with Gasteiger partial charge in [-0.05, 0) is 77.0 Å². The van der Waals surface area contributed by atoms with Crippen LogP contribution in [0.3, 0.4) is 0 Å². The van der Waals surface area contributed by atoms with Crippen LogP contribution in [0.1, 0.15) is 168 Å². The summed E-state index contributed by atoms with van der Waals surface area (Å²) in [7, 11) is 0. The number of rotatable bonds is 32. The number of carbonyl (C=O) groups is 2. The van der Waals surface area contributed by atoms with Gasteiger partial charge in [0.1, 0.15) is 6.61 Å². The van der Waals surface area contributed by atoms with Crippen LogP contribution in [0.25, 0.3) is 0 Å². The third kappa shape index (κ3) is 32.8. The lowest BCUT2D eigenvalue weighted by Gasteiger charge is -2.15. The molecule has 0 aliphatic rings. The van der Waals surface area contributed by atoms with E-state index in [4.69, 9.17) is 9.47 Å². The van der Waals surface area contributed by atoms with Gasteiger partial charge in [0, 0.05) is 12.8 Å². The molecule has 0 rings (SSSR count). The van der Waals surface area contributed by atoms with Gasteiger partial charge in [-0.1, -0.05) is 127 Å². The smallest absolute Gasteiger partial charge is 0.306 e. The van der Waals surface area contributed by atoms with E-state index in [0.717, 1.165) is 70.6 Å². The van der Waals surface area contributed by atoms with Crippen LogP contribution in [0.2, 0.25) is 0 Å². The largest absolute Gasteiger partial charge is 0.462 e. The molecule has 0 bridgehead atoms. The Bertz CT molecular complexity index is 752. The van der Waals surface area contributed by atoms with Gasteiger partial charge >= 0.3 is 11.9 Å². The second kappa shape index (κ2) is 35.3. The molecule has 254 valence electrons. The van der Waals surface area contributed by atoms with Crippen LogP contribution in [0.15, 0.2) is 48.6 Å². The SMILES string of the molecule is CCCCC/C=C\C/C=C\CCCCCCCC(=O)OC(CO)COC(=O)CCCCCCC/C=C/C/C=C/CCCCC. The fourth-order valence-corrected chi connectivity index (χ4v) is 4.79. The van der Waals surface area contributed by atoms with Crippen LogP contribution < -0.4 is 0 Å². The van der Waals surface area contributed by atoms with E-state index in [-0.39, 0.29) is 25.2 Å². The normalized spacial score (nSPS) is 12.7. The maximum atomic E-state index is 12.1. The summed E-state index contributed by atoms with van der Waals surface area (Å²) in [4.78, 5) is 24.2. The molecule has 0 saturated heterocycles. The van der Waals surface area contributed by atoms with E-state index in [9.17, 15) is 14.7 Å². The van der Waals surface area contributed by atoms with Gasteiger partial charge in [-0.3, -0.25) is 9.59 Å². The topological polar surface area (TPSA) is 72.8 Å². The molecule has 0 radical (unpaired) electrons. The van der Waals surface area contributed by atoms with E-state index in [1.807, 2.05) is 0 Å². The number of aliphatic hydroxyl groups excluding tert-OH is 1. The van der Waals surface area contributed by atoms with Crippen LogP contribution in [0.5, 0.6) is 0 Å². The first-order chi connectivity index (χ1) is 21.6. The third-order valence-electron chi connectivity index (χ3n) is 7.60. The number of unbranched alkanes of at least 4 members (excludes halogenated alkanes) is 16. The van der Waals surface area contributed by atoms with E-state index in [2.05, 4.69) is 62.5 Å². The highest BCUT2D eigenvalue weighted by atomic mass is 16.6. The Morgan fingerprint density at radius 2 is 0.909 bits per heavy atom. The second-order valence-electron chi connectivity index (χ2n) is 11.9. The molecule has 0 aromatic carbocycles. The second-order valence-corrected chi connectivity index (χ2v) is 11.9. The molecule has 5 heteroatoms. The molecule has 0 aromatic rings. The van der Waals surface area contributed by atoms with Gasteiger partial charge < -0.3 is 14.6 Å². The molecule has 0 fully saturated rings. The molecule has 1 N–H and O–H groups in total. The van der Waals surface area contributed by atoms with E-state index >= 15 is 0 Å². The van der Waals surface area contributed by atoms with Crippen molar-refractivity contribution in [2.75, 3.05) is 13.2 Å². The average Bonchev–Trinajstić information content (AvgIpc) is 3.02. The number of hydrogen-bond acceptors (Lipinski definition) is 5. The van der Waals surface area contributed by atoms with E-state index in [1.165, 1.54) is 70.6 Å². The number of allylic oxidation sites excluding steroid dienone is 8. The van der Waals surface area contributed by atoms with Crippen molar-refractivity contribution in [3.8, 4) is 0 Å². The molecular weight excluding hydrogens is 548 g/mol. The van der Waals surface area contributed by atoms with Crippen molar-refractivity contribution in [3.05, 3.63) is 48.6 Å². The molecule has 5 nitrogen and oxygen atoms in total. The predicted octanol–water partition coefficient (Wildman–Crippen LogP) is 11.1. The Hall–Kier alpha value is -2.14. The van der Waals surface area contributed by atoms with Gasteiger partial charge in [-0.15, -0.1) is 0 Å². The zero-order chi connectivity index (χ0) is 32.2. The standard InChI is InChI=1S/C39H68O5/c1-3-5-7-9-11-13-15-17-19-21-23-25-27-29-31-33-38(41)43-36-37(35-40)44-39(42)34-32-30-28-26-24-22-20-18-16-14-12-10-8-6-4-2/h11-14,17-20,37,40H,3-10,15-16,21-36H2,1-2H3/b13-11+,14-12-,19-17+,20-18-. The molecule has 0 aliphatic heterocycles. The molecule has 1 unspecified atom stereocenters. The molecule has 0 spiro atoms. The van der Waals surface area contributed by atoms with Gasteiger partial charge in [-0.25, -0.2) is 0 Å². The Balaban J connectivity index is 3.64. The maximum Gasteiger partial charge on any atom is 0.306 e. The maximum absolute atomic E-state index is 12.1. The highest BCUT2D eigenvalue weighted by molar-refractivity contribution is 5.70. The molecule has 44 heavy (non-hydrogen) atoms. The van der Waals surface area contributed by atoms with Gasteiger partial charge in [0.15, 0.2) is 6.10 Å². The molecule has 0 saturated carbocycles. The fourth-order valence-electron chi connectivity index (χ4n) is 4.79. The van der Waals surface area contributed by atoms with Crippen LogP contribution in [0.4, 0.5) is 0 Å². The van der Waals surface area contributed by atoms with Crippen molar-refractivity contribution in [1.29, 1.82) is 0 Å². The van der Waals surface area contributed by atoms with E-state index in [1.54, 1.807) is 0 Å². The summed E-state index contributed by atoms with van der Waals surface area (Å²) in [6, 6.07) is 0. The van der Waals surface area contributed by atoms with Gasteiger partial charge in [0.25, 0.3) is 0 Å². The van der Waals surface area contributed by atoms with E-state index in [0.29, 0.717) is 12.8 Å². The first kappa shape index (κ1) is 41.9. The van der Waals surface area contributed by atoms with Gasteiger partial charge in [0.2, 0.25) is 0 Å². The van der Waals surface area contributed by atoms with Crippen molar-refractivity contribution in [2.24, 2.45) is 0 Å². The van der Waals surface area contributed by atoms with Crippen LogP contribution in [0, 0.1) is 0 Å². The zero-order valence-corrected chi connectivity index (χ0v) is 28.7. The molecule has 0 aliphatic carbocycles. The van der Waals surface area contributed by atoms with E-state index < -0.39 is 6.10 Å². The van der Waals surface area contributed by atoms with Crippen molar-refractivity contribution in [2.45, 2.75) is 174 Å².